The second-order valence-corrected chi connectivity index (χ2v) is 9.72. The van der Waals surface area contributed by atoms with Crippen molar-refractivity contribution in [3.8, 4) is 28.5 Å². The molecule has 40 heavy (non-hydrogen) atoms. The summed E-state index contributed by atoms with van der Waals surface area (Å²) in [4.78, 5) is 26.1. The van der Waals surface area contributed by atoms with E-state index >= 15 is 0 Å². The summed E-state index contributed by atoms with van der Waals surface area (Å²) < 4.78 is 12.6. The van der Waals surface area contributed by atoms with Crippen LogP contribution in [-0.4, -0.2) is 56.0 Å². The maximum absolute atomic E-state index is 11.5. The van der Waals surface area contributed by atoms with Gasteiger partial charge in [0.2, 0.25) is 5.88 Å². The summed E-state index contributed by atoms with van der Waals surface area (Å²) in [7, 11) is 0. The highest BCUT2D eigenvalue weighted by molar-refractivity contribution is 5.79. The van der Waals surface area contributed by atoms with Crippen molar-refractivity contribution in [2.24, 2.45) is 0 Å². The fraction of sp³-hybridized carbons (Fsp3) is 0.200. The van der Waals surface area contributed by atoms with Gasteiger partial charge in [0.15, 0.2) is 11.4 Å². The van der Waals surface area contributed by atoms with Gasteiger partial charge in [-0.15, -0.1) is 0 Å². The van der Waals surface area contributed by atoms with Gasteiger partial charge in [-0.05, 0) is 31.0 Å². The molecule has 1 aliphatic heterocycles. The summed E-state index contributed by atoms with van der Waals surface area (Å²) in [5, 5.41) is 15.8. The van der Waals surface area contributed by atoms with E-state index in [4.69, 9.17) is 24.2 Å². The number of aromatic hydroxyl groups is 1. The molecule has 4 aromatic heterocycles. The van der Waals surface area contributed by atoms with Crippen molar-refractivity contribution in [2.75, 3.05) is 31.2 Å². The van der Waals surface area contributed by atoms with Gasteiger partial charge < -0.3 is 19.2 Å². The van der Waals surface area contributed by atoms with Gasteiger partial charge in [-0.1, -0.05) is 48.5 Å². The summed E-state index contributed by atoms with van der Waals surface area (Å²) in [6.45, 7) is 2.93. The number of fused-ring (bicyclic) bond motifs is 2. The maximum atomic E-state index is 11.5. The molecule has 0 aliphatic carbocycles. The Kier molecular flexibility index (Phi) is 6.01. The first-order valence-electron chi connectivity index (χ1n) is 13.2. The standard InChI is InChI=1S/C30H26N6O4/c37-29-27(40-30(38)34-29)21-7-5-20(6-8-21)26-24(12-11-22-10-9-19-3-1-2-4-23(19)32-22)33-28-25(13-14-31-36(26)28)35-15-17-39-18-16-35/h1-10,13-14,37H,11-12,15-18H2,(H,34,38). The third-order valence-electron chi connectivity index (χ3n) is 7.25. The van der Waals surface area contributed by atoms with Crippen molar-refractivity contribution in [3.63, 3.8) is 0 Å². The molecule has 10 nitrogen and oxygen atoms in total. The number of benzene rings is 2. The molecule has 0 bridgehead atoms. The van der Waals surface area contributed by atoms with Gasteiger partial charge in [0.05, 0.1) is 42.0 Å². The van der Waals surface area contributed by atoms with Crippen molar-refractivity contribution >= 4 is 22.2 Å². The van der Waals surface area contributed by atoms with Gasteiger partial charge in [-0.25, -0.2) is 14.3 Å². The number of pyridine rings is 1. The van der Waals surface area contributed by atoms with Crippen LogP contribution < -0.4 is 10.7 Å². The van der Waals surface area contributed by atoms with E-state index in [9.17, 15) is 9.90 Å². The Morgan fingerprint density at radius 1 is 0.900 bits per heavy atom. The molecule has 0 radical (unpaired) electrons. The fourth-order valence-corrected chi connectivity index (χ4v) is 5.28. The van der Waals surface area contributed by atoms with Gasteiger partial charge in [0.1, 0.15) is 0 Å². The highest BCUT2D eigenvalue weighted by Crippen LogP contribution is 2.33. The lowest BCUT2D eigenvalue weighted by atomic mass is 10.0. The molecule has 200 valence electrons. The lowest BCUT2D eigenvalue weighted by molar-refractivity contribution is 0.123. The zero-order chi connectivity index (χ0) is 27.1. The summed E-state index contributed by atoms with van der Waals surface area (Å²) in [6, 6.07) is 21.7. The van der Waals surface area contributed by atoms with Crippen molar-refractivity contribution in [1.82, 2.24) is 24.6 Å². The van der Waals surface area contributed by atoms with Gasteiger partial charge in [0, 0.05) is 35.3 Å². The van der Waals surface area contributed by atoms with Crippen LogP contribution in [0.5, 0.6) is 5.88 Å². The molecule has 1 saturated heterocycles. The molecule has 0 amide bonds. The zero-order valence-corrected chi connectivity index (χ0v) is 21.6. The van der Waals surface area contributed by atoms with E-state index in [0.717, 1.165) is 64.4 Å². The van der Waals surface area contributed by atoms with Crippen LogP contribution in [0.1, 0.15) is 11.4 Å². The van der Waals surface area contributed by atoms with Crippen LogP contribution in [0.25, 0.3) is 39.1 Å². The van der Waals surface area contributed by atoms with Crippen molar-refractivity contribution < 1.29 is 14.3 Å². The Bertz CT molecular complexity index is 1880. The predicted octanol–water partition coefficient (Wildman–Crippen LogP) is 4.22. The minimum absolute atomic E-state index is 0.102. The number of hydrogen-bond acceptors (Lipinski definition) is 8. The van der Waals surface area contributed by atoms with Gasteiger partial charge in [0.25, 0.3) is 0 Å². The lowest BCUT2D eigenvalue weighted by Crippen LogP contribution is -2.36. The smallest absolute Gasteiger partial charge is 0.419 e. The Balaban J connectivity index is 1.30. The number of hydrogen-bond donors (Lipinski definition) is 2. The zero-order valence-electron chi connectivity index (χ0n) is 21.6. The quantitative estimate of drug-likeness (QED) is 0.326. The highest BCUT2D eigenvalue weighted by atomic mass is 16.5. The number of anilines is 1. The molecule has 0 saturated carbocycles. The molecule has 7 rings (SSSR count). The van der Waals surface area contributed by atoms with E-state index in [1.54, 1.807) is 18.3 Å². The number of morpholine rings is 1. The number of aromatic amines is 1. The summed E-state index contributed by atoms with van der Waals surface area (Å²) in [6.07, 6.45) is 3.19. The number of para-hydroxylation sites is 1. The Hall–Kier alpha value is -4.96. The van der Waals surface area contributed by atoms with Crippen LogP contribution in [0.4, 0.5) is 5.69 Å². The largest absolute Gasteiger partial charge is 0.492 e. The van der Waals surface area contributed by atoms with Gasteiger partial charge >= 0.3 is 5.76 Å². The maximum Gasteiger partial charge on any atom is 0.419 e. The molecule has 10 heteroatoms. The number of nitrogens with one attached hydrogen (secondary N) is 1. The molecule has 2 aromatic carbocycles. The van der Waals surface area contributed by atoms with E-state index in [1.807, 2.05) is 40.9 Å². The Morgan fingerprint density at radius 3 is 2.50 bits per heavy atom. The molecule has 0 unspecified atom stereocenters. The predicted molar refractivity (Wildman–Crippen MR) is 151 cm³/mol. The van der Waals surface area contributed by atoms with Crippen molar-refractivity contribution in [1.29, 1.82) is 0 Å². The van der Waals surface area contributed by atoms with Crippen molar-refractivity contribution in [3.05, 3.63) is 94.9 Å². The first-order valence-corrected chi connectivity index (χ1v) is 13.2. The van der Waals surface area contributed by atoms with E-state index in [2.05, 4.69) is 28.1 Å². The number of H-pyrrole nitrogens is 1. The molecule has 2 N–H and O–H groups in total. The molecule has 0 atom stereocenters. The first-order chi connectivity index (χ1) is 19.6. The number of rotatable bonds is 6. The first kappa shape index (κ1) is 24.1. The molecule has 0 spiro atoms. The average molecular weight is 535 g/mol. The normalized spacial score (nSPS) is 13.8. The average Bonchev–Trinajstić information content (AvgIpc) is 3.55. The molecule has 6 aromatic rings. The second kappa shape index (κ2) is 9.97. The van der Waals surface area contributed by atoms with Gasteiger partial charge in [-0.2, -0.15) is 5.10 Å². The molecular formula is C30H26N6O4. The number of aryl methyl sites for hydroxylation is 2. The van der Waals surface area contributed by atoms with Crippen LogP contribution in [0, 0.1) is 0 Å². The van der Waals surface area contributed by atoms with E-state index in [1.165, 1.54) is 0 Å². The summed E-state index contributed by atoms with van der Waals surface area (Å²) in [5.41, 5.74) is 7.06. The monoisotopic (exact) mass is 534 g/mol. The van der Waals surface area contributed by atoms with Crippen molar-refractivity contribution in [2.45, 2.75) is 12.8 Å². The third-order valence-corrected chi connectivity index (χ3v) is 7.25. The van der Waals surface area contributed by atoms with Crippen LogP contribution in [0.3, 0.4) is 0 Å². The number of imidazole rings is 1. The van der Waals surface area contributed by atoms with Crippen LogP contribution in [-0.2, 0) is 17.6 Å². The number of nitrogens with zero attached hydrogens (tertiary/aromatic N) is 5. The Labute approximate surface area is 228 Å². The van der Waals surface area contributed by atoms with E-state index in [-0.39, 0.29) is 11.6 Å². The summed E-state index contributed by atoms with van der Waals surface area (Å²) >= 11 is 0. The fourth-order valence-electron chi connectivity index (χ4n) is 5.28. The Morgan fingerprint density at radius 2 is 1.70 bits per heavy atom. The second-order valence-electron chi connectivity index (χ2n) is 9.72. The van der Waals surface area contributed by atoms with Crippen LogP contribution in [0.15, 0.2) is 82.1 Å². The van der Waals surface area contributed by atoms with Crippen LogP contribution >= 0.6 is 0 Å². The van der Waals surface area contributed by atoms with Crippen LogP contribution in [0.2, 0.25) is 0 Å². The lowest BCUT2D eigenvalue weighted by Gasteiger charge is -2.28. The number of ether oxygens (including phenoxy) is 1. The number of aromatic nitrogens is 5. The van der Waals surface area contributed by atoms with Gasteiger partial charge in [-0.3, -0.25) is 9.97 Å². The van der Waals surface area contributed by atoms with E-state index < -0.39 is 5.76 Å². The minimum atomic E-state index is -0.706. The highest BCUT2D eigenvalue weighted by Gasteiger charge is 2.22. The third kappa shape index (κ3) is 4.38. The topological polar surface area (TPSA) is 122 Å². The molecule has 1 aliphatic rings. The van der Waals surface area contributed by atoms with E-state index in [0.29, 0.717) is 25.2 Å². The molecular weight excluding hydrogens is 508 g/mol. The number of oxazole rings is 1. The molecule has 5 heterocycles. The SMILES string of the molecule is O=c1[nH]c(O)c(-c2ccc(-c3c(CCc4ccc5ccccc5n4)nc4c(N5CCOCC5)ccnn34)cc2)o1. The summed E-state index contributed by atoms with van der Waals surface area (Å²) in [5.74, 6) is -0.902. The molecule has 1 fully saturated rings. The minimum Gasteiger partial charge on any atom is -0.492 e.